The zero-order chi connectivity index (χ0) is 14.2. The highest BCUT2D eigenvalue weighted by Gasteiger charge is 2.42. The van der Waals surface area contributed by atoms with Crippen LogP contribution in [-0.2, 0) is 4.74 Å². The minimum absolute atomic E-state index is 0.287. The first kappa shape index (κ1) is 15.3. The SMILES string of the molecule is CCNC(c1cc(C)c(Cl)s1)C1C(C)OC(C)C1C. The second-order valence-corrected chi connectivity index (χ2v) is 7.31. The molecule has 2 nitrogen and oxygen atoms in total. The molecule has 1 N–H and O–H groups in total. The third-order valence-electron chi connectivity index (χ3n) is 4.31. The van der Waals surface area contributed by atoms with Crippen molar-refractivity contribution in [2.45, 2.75) is 52.9 Å². The van der Waals surface area contributed by atoms with Gasteiger partial charge in [0, 0.05) is 16.8 Å². The number of hydrogen-bond donors (Lipinski definition) is 1. The van der Waals surface area contributed by atoms with Crippen molar-refractivity contribution in [3.8, 4) is 0 Å². The Hall–Kier alpha value is -0.0900. The topological polar surface area (TPSA) is 21.3 Å². The van der Waals surface area contributed by atoms with Gasteiger partial charge in [-0.2, -0.15) is 0 Å². The first-order valence-electron chi connectivity index (χ1n) is 7.10. The number of aryl methyl sites for hydroxylation is 1. The maximum Gasteiger partial charge on any atom is 0.0960 e. The lowest BCUT2D eigenvalue weighted by Crippen LogP contribution is -2.34. The normalized spacial score (nSPS) is 32.7. The standard InChI is InChI=1S/C15H24ClNOS/c1-6-17-14(12-7-8(2)15(16)19-12)13-9(3)10(4)18-11(13)5/h7,9-11,13-14,17H,6H2,1-5H3. The van der Waals surface area contributed by atoms with Gasteiger partial charge in [-0.15, -0.1) is 11.3 Å². The minimum atomic E-state index is 0.287. The molecule has 108 valence electrons. The molecule has 2 rings (SSSR count). The zero-order valence-electron chi connectivity index (χ0n) is 12.4. The summed E-state index contributed by atoms with van der Waals surface area (Å²) in [7, 11) is 0. The molecule has 0 saturated carbocycles. The van der Waals surface area contributed by atoms with E-state index in [0.29, 0.717) is 24.0 Å². The van der Waals surface area contributed by atoms with Crippen LogP contribution in [-0.4, -0.2) is 18.8 Å². The van der Waals surface area contributed by atoms with Crippen LogP contribution in [0.2, 0.25) is 4.34 Å². The number of rotatable bonds is 4. The van der Waals surface area contributed by atoms with Gasteiger partial charge < -0.3 is 10.1 Å². The van der Waals surface area contributed by atoms with E-state index in [1.54, 1.807) is 11.3 Å². The molecule has 5 unspecified atom stereocenters. The largest absolute Gasteiger partial charge is 0.375 e. The van der Waals surface area contributed by atoms with Gasteiger partial charge >= 0.3 is 0 Å². The average molecular weight is 302 g/mol. The Morgan fingerprint density at radius 1 is 1.37 bits per heavy atom. The summed E-state index contributed by atoms with van der Waals surface area (Å²) in [5.74, 6) is 1.06. The Morgan fingerprint density at radius 3 is 2.47 bits per heavy atom. The summed E-state index contributed by atoms with van der Waals surface area (Å²) in [6, 6.07) is 2.57. The zero-order valence-corrected chi connectivity index (χ0v) is 13.9. The van der Waals surface area contributed by atoms with Crippen LogP contribution < -0.4 is 5.32 Å². The summed E-state index contributed by atoms with van der Waals surface area (Å²) in [5, 5.41) is 3.63. The molecule has 1 saturated heterocycles. The van der Waals surface area contributed by atoms with Crippen LogP contribution in [0.15, 0.2) is 6.07 Å². The highest BCUT2D eigenvalue weighted by Crippen LogP contribution is 2.43. The van der Waals surface area contributed by atoms with E-state index in [9.17, 15) is 0 Å². The lowest BCUT2D eigenvalue weighted by molar-refractivity contribution is 0.0477. The van der Waals surface area contributed by atoms with Crippen LogP contribution in [0.25, 0.3) is 0 Å². The van der Waals surface area contributed by atoms with E-state index >= 15 is 0 Å². The highest BCUT2D eigenvalue weighted by molar-refractivity contribution is 7.16. The van der Waals surface area contributed by atoms with Crippen molar-refractivity contribution in [3.05, 3.63) is 20.8 Å². The Balaban J connectivity index is 2.29. The molecule has 0 spiro atoms. The molecule has 1 aromatic rings. The molecule has 0 radical (unpaired) electrons. The molecular weight excluding hydrogens is 278 g/mol. The first-order chi connectivity index (χ1) is 8.95. The third-order valence-corrected chi connectivity index (χ3v) is 5.95. The van der Waals surface area contributed by atoms with E-state index in [1.807, 2.05) is 0 Å². The van der Waals surface area contributed by atoms with Crippen LogP contribution >= 0.6 is 22.9 Å². The quantitative estimate of drug-likeness (QED) is 0.889. The molecule has 5 atom stereocenters. The molecule has 1 fully saturated rings. The van der Waals surface area contributed by atoms with E-state index in [1.165, 1.54) is 10.4 Å². The lowest BCUT2D eigenvalue weighted by atomic mass is 9.82. The number of hydrogen-bond acceptors (Lipinski definition) is 3. The molecular formula is C15H24ClNOS. The van der Waals surface area contributed by atoms with E-state index in [-0.39, 0.29) is 6.10 Å². The Labute approximate surface area is 125 Å². The van der Waals surface area contributed by atoms with E-state index in [4.69, 9.17) is 16.3 Å². The first-order valence-corrected chi connectivity index (χ1v) is 8.29. The predicted molar refractivity (Wildman–Crippen MR) is 83.1 cm³/mol. The van der Waals surface area contributed by atoms with Gasteiger partial charge in [0.05, 0.1) is 16.5 Å². The van der Waals surface area contributed by atoms with Crippen molar-refractivity contribution < 1.29 is 4.74 Å². The van der Waals surface area contributed by atoms with Crippen LogP contribution in [0, 0.1) is 18.8 Å². The van der Waals surface area contributed by atoms with E-state index in [2.05, 4.69) is 46.0 Å². The van der Waals surface area contributed by atoms with Crippen molar-refractivity contribution in [2.24, 2.45) is 11.8 Å². The van der Waals surface area contributed by atoms with Gasteiger partial charge in [-0.25, -0.2) is 0 Å². The fraction of sp³-hybridized carbons (Fsp3) is 0.733. The van der Waals surface area contributed by atoms with Crippen molar-refractivity contribution in [3.63, 3.8) is 0 Å². The monoisotopic (exact) mass is 301 g/mol. The van der Waals surface area contributed by atoms with Crippen LogP contribution in [0.5, 0.6) is 0 Å². The van der Waals surface area contributed by atoms with Gasteiger partial charge in [0.15, 0.2) is 0 Å². The van der Waals surface area contributed by atoms with E-state index in [0.717, 1.165) is 10.9 Å². The number of ether oxygens (including phenoxy) is 1. The molecule has 4 heteroatoms. The molecule has 1 aliphatic heterocycles. The van der Waals surface area contributed by atoms with Gasteiger partial charge in [-0.3, -0.25) is 0 Å². The lowest BCUT2D eigenvalue weighted by Gasteiger charge is -2.29. The van der Waals surface area contributed by atoms with Crippen LogP contribution in [0.4, 0.5) is 0 Å². The minimum Gasteiger partial charge on any atom is -0.375 e. The molecule has 0 aromatic carbocycles. The third kappa shape index (κ3) is 2.99. The fourth-order valence-electron chi connectivity index (χ4n) is 3.15. The second kappa shape index (κ2) is 6.13. The van der Waals surface area contributed by atoms with Gasteiger partial charge in [0.1, 0.15) is 0 Å². The summed E-state index contributed by atoms with van der Waals surface area (Å²) >= 11 is 7.94. The Kier molecular flexibility index (Phi) is 4.93. The summed E-state index contributed by atoms with van der Waals surface area (Å²) < 4.78 is 6.91. The summed E-state index contributed by atoms with van der Waals surface area (Å²) in [6.07, 6.45) is 0.618. The number of thiophene rings is 1. The van der Waals surface area contributed by atoms with Crippen LogP contribution in [0.1, 0.15) is 44.2 Å². The van der Waals surface area contributed by atoms with Crippen LogP contribution in [0.3, 0.4) is 0 Å². The second-order valence-electron chi connectivity index (χ2n) is 5.62. The summed E-state index contributed by atoms with van der Waals surface area (Å²) in [6.45, 7) is 11.9. The van der Waals surface area contributed by atoms with Crippen molar-refractivity contribution in [1.82, 2.24) is 5.32 Å². The molecule has 1 aliphatic rings. The van der Waals surface area contributed by atoms with Crippen molar-refractivity contribution >= 4 is 22.9 Å². The molecule has 0 amide bonds. The number of halogens is 1. The summed E-state index contributed by atoms with van der Waals surface area (Å²) in [4.78, 5) is 1.34. The molecule has 2 heterocycles. The average Bonchev–Trinajstić information content (AvgIpc) is 2.79. The Morgan fingerprint density at radius 2 is 2.05 bits per heavy atom. The maximum atomic E-state index is 6.24. The maximum absolute atomic E-state index is 6.24. The van der Waals surface area contributed by atoms with Crippen molar-refractivity contribution in [1.29, 1.82) is 0 Å². The van der Waals surface area contributed by atoms with Gasteiger partial charge in [-0.1, -0.05) is 25.4 Å². The molecule has 1 aromatic heterocycles. The van der Waals surface area contributed by atoms with Gasteiger partial charge in [0.2, 0.25) is 0 Å². The smallest absolute Gasteiger partial charge is 0.0960 e. The fourth-order valence-corrected chi connectivity index (χ4v) is 4.50. The molecule has 0 aliphatic carbocycles. The summed E-state index contributed by atoms with van der Waals surface area (Å²) in [5.41, 5.74) is 1.18. The predicted octanol–water partition coefficient (Wildman–Crippen LogP) is 4.42. The van der Waals surface area contributed by atoms with E-state index < -0.39 is 0 Å². The number of nitrogens with one attached hydrogen (secondary N) is 1. The molecule has 19 heavy (non-hydrogen) atoms. The molecule has 0 bridgehead atoms. The van der Waals surface area contributed by atoms with Gasteiger partial charge in [-0.05, 0) is 44.9 Å². The van der Waals surface area contributed by atoms with Crippen molar-refractivity contribution in [2.75, 3.05) is 6.54 Å². The highest BCUT2D eigenvalue weighted by atomic mass is 35.5. The Bertz CT molecular complexity index is 414. The van der Waals surface area contributed by atoms with Gasteiger partial charge in [0.25, 0.3) is 0 Å².